The minimum Gasteiger partial charge on any atom is -0.306 e. The van der Waals surface area contributed by atoms with Crippen LogP contribution in [0, 0.1) is 20.8 Å². The second-order valence-corrected chi connectivity index (χ2v) is 4.41. The van der Waals surface area contributed by atoms with Gasteiger partial charge in [-0.05, 0) is 37.5 Å². The maximum Gasteiger partial charge on any atom is 0.138 e. The Bertz CT molecular complexity index is 465. The molecule has 0 saturated heterocycles. The summed E-state index contributed by atoms with van der Waals surface area (Å²) in [6.07, 6.45) is 1.53. The molecule has 0 aliphatic carbocycles. The SMILES string of the molecule is Cc1cc(C)c(CNCc2ncn[nH]2)c(C)c1. The van der Waals surface area contributed by atoms with Crippen molar-refractivity contribution >= 4 is 0 Å². The Labute approximate surface area is 101 Å². The Morgan fingerprint density at radius 1 is 1.12 bits per heavy atom. The van der Waals surface area contributed by atoms with Crippen LogP contribution in [-0.4, -0.2) is 15.2 Å². The molecule has 0 fully saturated rings. The van der Waals surface area contributed by atoms with Crippen LogP contribution >= 0.6 is 0 Å². The van der Waals surface area contributed by atoms with Gasteiger partial charge < -0.3 is 5.32 Å². The molecule has 4 nitrogen and oxygen atoms in total. The van der Waals surface area contributed by atoms with Gasteiger partial charge in [-0.1, -0.05) is 17.7 Å². The summed E-state index contributed by atoms with van der Waals surface area (Å²) in [5.41, 5.74) is 5.37. The van der Waals surface area contributed by atoms with E-state index < -0.39 is 0 Å². The smallest absolute Gasteiger partial charge is 0.138 e. The van der Waals surface area contributed by atoms with Crippen LogP contribution in [-0.2, 0) is 13.1 Å². The number of rotatable bonds is 4. The monoisotopic (exact) mass is 230 g/mol. The van der Waals surface area contributed by atoms with Crippen molar-refractivity contribution in [3.05, 3.63) is 46.5 Å². The van der Waals surface area contributed by atoms with Crippen LogP contribution in [0.5, 0.6) is 0 Å². The Kier molecular flexibility index (Phi) is 3.54. The molecule has 2 N–H and O–H groups in total. The molecular formula is C13H18N4. The maximum atomic E-state index is 4.08. The van der Waals surface area contributed by atoms with Crippen molar-refractivity contribution in [2.75, 3.05) is 0 Å². The van der Waals surface area contributed by atoms with E-state index in [0.29, 0.717) is 6.54 Å². The summed E-state index contributed by atoms with van der Waals surface area (Å²) in [6.45, 7) is 8.02. The fraction of sp³-hybridized carbons (Fsp3) is 0.385. The normalized spacial score (nSPS) is 10.8. The molecule has 0 aliphatic heterocycles. The van der Waals surface area contributed by atoms with Gasteiger partial charge in [0, 0.05) is 6.54 Å². The molecular weight excluding hydrogens is 212 g/mol. The highest BCUT2D eigenvalue weighted by Crippen LogP contribution is 2.15. The number of aryl methyl sites for hydroxylation is 3. The number of nitrogens with one attached hydrogen (secondary N) is 2. The third-order valence-corrected chi connectivity index (χ3v) is 2.90. The van der Waals surface area contributed by atoms with Gasteiger partial charge in [0.1, 0.15) is 12.2 Å². The van der Waals surface area contributed by atoms with Gasteiger partial charge >= 0.3 is 0 Å². The van der Waals surface area contributed by atoms with E-state index >= 15 is 0 Å². The first kappa shape index (κ1) is 11.8. The van der Waals surface area contributed by atoms with Crippen molar-refractivity contribution < 1.29 is 0 Å². The van der Waals surface area contributed by atoms with Crippen molar-refractivity contribution in [2.24, 2.45) is 0 Å². The topological polar surface area (TPSA) is 53.6 Å². The van der Waals surface area contributed by atoms with Crippen LogP contribution in [0.25, 0.3) is 0 Å². The zero-order valence-corrected chi connectivity index (χ0v) is 10.5. The van der Waals surface area contributed by atoms with Gasteiger partial charge in [0.05, 0.1) is 6.54 Å². The molecule has 0 spiro atoms. The molecule has 0 radical (unpaired) electrons. The first-order chi connectivity index (χ1) is 8.16. The molecule has 90 valence electrons. The zero-order valence-electron chi connectivity index (χ0n) is 10.5. The van der Waals surface area contributed by atoms with Crippen LogP contribution in [0.2, 0.25) is 0 Å². The van der Waals surface area contributed by atoms with E-state index in [9.17, 15) is 0 Å². The predicted molar refractivity (Wildman–Crippen MR) is 67.6 cm³/mol. The summed E-state index contributed by atoms with van der Waals surface area (Å²) >= 11 is 0. The maximum absolute atomic E-state index is 4.08. The molecule has 2 rings (SSSR count). The number of hydrogen-bond acceptors (Lipinski definition) is 3. The van der Waals surface area contributed by atoms with Gasteiger partial charge in [-0.2, -0.15) is 5.10 Å². The third-order valence-electron chi connectivity index (χ3n) is 2.90. The number of H-pyrrole nitrogens is 1. The summed E-state index contributed by atoms with van der Waals surface area (Å²) in [7, 11) is 0. The van der Waals surface area contributed by atoms with Crippen LogP contribution < -0.4 is 5.32 Å². The highest BCUT2D eigenvalue weighted by atomic mass is 15.2. The van der Waals surface area contributed by atoms with Gasteiger partial charge in [-0.15, -0.1) is 0 Å². The van der Waals surface area contributed by atoms with Gasteiger partial charge in [-0.3, -0.25) is 5.10 Å². The van der Waals surface area contributed by atoms with E-state index in [4.69, 9.17) is 0 Å². The lowest BCUT2D eigenvalue weighted by Gasteiger charge is -2.11. The first-order valence-electron chi connectivity index (χ1n) is 5.78. The standard InChI is InChI=1S/C13H18N4/c1-9-4-10(2)12(11(3)5-9)6-14-7-13-15-8-16-17-13/h4-5,8,14H,6-7H2,1-3H3,(H,15,16,17). The molecule has 0 unspecified atom stereocenters. The number of hydrogen-bond donors (Lipinski definition) is 2. The average molecular weight is 230 g/mol. The number of benzene rings is 1. The van der Waals surface area contributed by atoms with Gasteiger partial charge in [0.2, 0.25) is 0 Å². The molecule has 0 bridgehead atoms. The fourth-order valence-corrected chi connectivity index (χ4v) is 2.11. The second-order valence-electron chi connectivity index (χ2n) is 4.41. The van der Waals surface area contributed by atoms with E-state index in [1.165, 1.54) is 28.6 Å². The summed E-state index contributed by atoms with van der Waals surface area (Å²) in [6, 6.07) is 4.44. The van der Waals surface area contributed by atoms with E-state index in [1.54, 1.807) is 0 Å². The molecule has 1 aromatic heterocycles. The van der Waals surface area contributed by atoms with Gasteiger partial charge in [0.25, 0.3) is 0 Å². The Morgan fingerprint density at radius 3 is 2.41 bits per heavy atom. The van der Waals surface area contributed by atoms with Crippen LogP contribution in [0.1, 0.15) is 28.1 Å². The molecule has 0 atom stereocenters. The summed E-state index contributed by atoms with van der Waals surface area (Å²) < 4.78 is 0. The Hall–Kier alpha value is -1.68. The van der Waals surface area contributed by atoms with Gasteiger partial charge in [0.15, 0.2) is 0 Å². The summed E-state index contributed by atoms with van der Waals surface area (Å²) in [4.78, 5) is 4.08. The lowest BCUT2D eigenvalue weighted by Crippen LogP contribution is -2.15. The van der Waals surface area contributed by atoms with Crippen molar-refractivity contribution in [3.63, 3.8) is 0 Å². The van der Waals surface area contributed by atoms with Crippen LogP contribution in [0.15, 0.2) is 18.5 Å². The molecule has 2 aromatic rings. The number of nitrogens with zero attached hydrogens (tertiary/aromatic N) is 2. The van der Waals surface area contributed by atoms with Crippen LogP contribution in [0.3, 0.4) is 0 Å². The lowest BCUT2D eigenvalue weighted by molar-refractivity contribution is 0.660. The minimum absolute atomic E-state index is 0.715. The van der Waals surface area contributed by atoms with Crippen molar-refractivity contribution in [3.8, 4) is 0 Å². The minimum atomic E-state index is 0.715. The highest BCUT2D eigenvalue weighted by molar-refractivity contribution is 5.37. The highest BCUT2D eigenvalue weighted by Gasteiger charge is 2.03. The largest absolute Gasteiger partial charge is 0.306 e. The van der Waals surface area contributed by atoms with E-state index in [2.05, 4.69) is 53.4 Å². The molecule has 1 heterocycles. The molecule has 4 heteroatoms. The Balaban J connectivity index is 1.99. The summed E-state index contributed by atoms with van der Waals surface area (Å²) in [5, 5.41) is 10.0. The fourth-order valence-electron chi connectivity index (χ4n) is 2.11. The number of aromatic nitrogens is 3. The first-order valence-corrected chi connectivity index (χ1v) is 5.78. The second kappa shape index (κ2) is 5.10. The third kappa shape index (κ3) is 2.91. The molecule has 0 saturated carbocycles. The average Bonchev–Trinajstić information content (AvgIpc) is 2.74. The Morgan fingerprint density at radius 2 is 1.82 bits per heavy atom. The van der Waals surface area contributed by atoms with Crippen LogP contribution in [0.4, 0.5) is 0 Å². The van der Waals surface area contributed by atoms with Crippen molar-refractivity contribution in [1.82, 2.24) is 20.5 Å². The number of aromatic amines is 1. The molecule has 0 aliphatic rings. The molecule has 17 heavy (non-hydrogen) atoms. The zero-order chi connectivity index (χ0) is 12.3. The van der Waals surface area contributed by atoms with Crippen molar-refractivity contribution in [1.29, 1.82) is 0 Å². The summed E-state index contributed by atoms with van der Waals surface area (Å²) in [5.74, 6) is 0.868. The van der Waals surface area contributed by atoms with E-state index in [-0.39, 0.29) is 0 Å². The van der Waals surface area contributed by atoms with Crippen molar-refractivity contribution in [2.45, 2.75) is 33.9 Å². The van der Waals surface area contributed by atoms with Gasteiger partial charge in [-0.25, -0.2) is 4.98 Å². The van der Waals surface area contributed by atoms with E-state index in [0.717, 1.165) is 12.4 Å². The molecule has 0 amide bonds. The van der Waals surface area contributed by atoms with E-state index in [1.807, 2.05) is 0 Å². The quantitative estimate of drug-likeness (QED) is 0.845. The lowest BCUT2D eigenvalue weighted by atomic mass is 10.00. The predicted octanol–water partition coefficient (Wildman–Crippen LogP) is 2.02. The molecule has 1 aromatic carbocycles.